The zero-order chi connectivity index (χ0) is 10.8. The first kappa shape index (κ1) is 9.73. The number of nitrogens with two attached hydrogens (primary N) is 1. The summed E-state index contributed by atoms with van der Waals surface area (Å²) in [4.78, 5) is 14.6. The molecule has 2 rings (SSSR count). The molecule has 15 heavy (non-hydrogen) atoms. The van der Waals surface area contributed by atoms with Gasteiger partial charge in [-0.2, -0.15) is 0 Å². The first-order valence-corrected chi connectivity index (χ1v) is 4.65. The van der Waals surface area contributed by atoms with Gasteiger partial charge in [-0.25, -0.2) is 4.79 Å². The van der Waals surface area contributed by atoms with Gasteiger partial charge in [0.1, 0.15) is 0 Å². The van der Waals surface area contributed by atoms with Crippen molar-refractivity contribution in [3.63, 3.8) is 0 Å². The van der Waals surface area contributed by atoms with Crippen molar-refractivity contribution in [2.75, 3.05) is 7.11 Å². The van der Waals surface area contributed by atoms with Gasteiger partial charge < -0.3 is 15.5 Å². The maximum Gasteiger partial charge on any atom is 0.338 e. The number of hydrogen-bond donors (Lipinski definition) is 2. The molecule has 0 fully saturated rings. The summed E-state index contributed by atoms with van der Waals surface area (Å²) in [7, 11) is 1.37. The van der Waals surface area contributed by atoms with Gasteiger partial charge in [0.15, 0.2) is 0 Å². The number of aromatic nitrogens is 1. The Morgan fingerprint density at radius 3 is 3.00 bits per heavy atom. The first-order chi connectivity index (χ1) is 7.26. The topological polar surface area (TPSA) is 68.1 Å². The first-order valence-electron chi connectivity index (χ1n) is 4.65. The molecule has 4 nitrogen and oxygen atoms in total. The van der Waals surface area contributed by atoms with Crippen LogP contribution < -0.4 is 5.73 Å². The minimum absolute atomic E-state index is 0.330. The summed E-state index contributed by atoms with van der Waals surface area (Å²) in [5.74, 6) is -0.330. The van der Waals surface area contributed by atoms with Gasteiger partial charge in [-0.15, -0.1) is 0 Å². The summed E-state index contributed by atoms with van der Waals surface area (Å²) in [6.45, 7) is 0.426. The van der Waals surface area contributed by atoms with E-state index in [1.54, 1.807) is 6.07 Å². The molecule has 0 saturated carbocycles. The van der Waals surface area contributed by atoms with E-state index in [-0.39, 0.29) is 5.97 Å². The molecule has 1 heterocycles. The molecule has 78 valence electrons. The molecule has 0 unspecified atom stereocenters. The number of benzene rings is 1. The number of carbonyl (C=O) groups excluding carboxylic acids is 1. The SMILES string of the molecule is COC(=O)c1cccc2[nH]c(CN)cc12. The number of carbonyl (C=O) groups is 1. The number of aromatic amines is 1. The minimum atomic E-state index is -0.330. The van der Waals surface area contributed by atoms with E-state index < -0.39 is 0 Å². The maximum absolute atomic E-state index is 11.5. The lowest BCUT2D eigenvalue weighted by molar-refractivity contribution is 0.0603. The van der Waals surface area contributed by atoms with Crippen LogP contribution in [0.4, 0.5) is 0 Å². The molecule has 0 saturated heterocycles. The summed E-state index contributed by atoms with van der Waals surface area (Å²) >= 11 is 0. The number of methoxy groups -OCH3 is 1. The molecule has 3 N–H and O–H groups in total. The molecule has 0 aliphatic heterocycles. The lowest BCUT2D eigenvalue weighted by Gasteiger charge is -1.99. The normalized spacial score (nSPS) is 10.5. The minimum Gasteiger partial charge on any atom is -0.465 e. The van der Waals surface area contributed by atoms with Gasteiger partial charge in [0.25, 0.3) is 0 Å². The second-order valence-electron chi connectivity index (χ2n) is 3.26. The van der Waals surface area contributed by atoms with Gasteiger partial charge in [-0.3, -0.25) is 0 Å². The number of nitrogens with one attached hydrogen (secondary N) is 1. The standard InChI is InChI=1S/C11H12N2O2/c1-15-11(14)8-3-2-4-10-9(8)5-7(6-12)13-10/h2-5,13H,6,12H2,1H3. The Labute approximate surface area is 87.0 Å². The average Bonchev–Trinajstić information content (AvgIpc) is 2.70. The van der Waals surface area contributed by atoms with Crippen LogP contribution in [0.15, 0.2) is 24.3 Å². The Balaban J connectivity index is 2.64. The fourth-order valence-corrected chi connectivity index (χ4v) is 1.61. The van der Waals surface area contributed by atoms with Crippen molar-refractivity contribution in [2.24, 2.45) is 5.73 Å². The maximum atomic E-state index is 11.5. The Morgan fingerprint density at radius 2 is 2.33 bits per heavy atom. The predicted octanol–water partition coefficient (Wildman–Crippen LogP) is 1.41. The van der Waals surface area contributed by atoms with Crippen molar-refractivity contribution in [1.29, 1.82) is 0 Å². The van der Waals surface area contributed by atoms with Gasteiger partial charge >= 0.3 is 5.97 Å². The van der Waals surface area contributed by atoms with Crippen LogP contribution in [0.5, 0.6) is 0 Å². The van der Waals surface area contributed by atoms with Gasteiger partial charge in [0, 0.05) is 23.1 Å². The second-order valence-corrected chi connectivity index (χ2v) is 3.26. The summed E-state index contributed by atoms with van der Waals surface area (Å²) in [6, 6.07) is 7.33. The third kappa shape index (κ3) is 1.59. The third-order valence-electron chi connectivity index (χ3n) is 2.35. The Kier molecular flexibility index (Phi) is 2.43. The summed E-state index contributed by atoms with van der Waals surface area (Å²) in [6.07, 6.45) is 0. The van der Waals surface area contributed by atoms with Crippen LogP contribution in [0, 0.1) is 0 Å². The smallest absolute Gasteiger partial charge is 0.338 e. The van der Waals surface area contributed by atoms with Crippen molar-refractivity contribution in [3.8, 4) is 0 Å². The molecule has 0 aliphatic carbocycles. The molecule has 0 atom stereocenters. The zero-order valence-corrected chi connectivity index (χ0v) is 8.41. The number of hydrogen-bond acceptors (Lipinski definition) is 3. The van der Waals surface area contributed by atoms with Crippen molar-refractivity contribution >= 4 is 16.9 Å². The van der Waals surface area contributed by atoms with Crippen molar-refractivity contribution < 1.29 is 9.53 Å². The molecule has 0 radical (unpaired) electrons. The largest absolute Gasteiger partial charge is 0.465 e. The number of H-pyrrole nitrogens is 1. The van der Waals surface area contributed by atoms with Crippen LogP contribution in [0.1, 0.15) is 16.1 Å². The highest BCUT2D eigenvalue weighted by atomic mass is 16.5. The molecular formula is C11H12N2O2. The van der Waals surface area contributed by atoms with E-state index in [2.05, 4.69) is 4.98 Å². The number of esters is 1. The fraction of sp³-hybridized carbons (Fsp3) is 0.182. The lowest BCUT2D eigenvalue weighted by Crippen LogP contribution is -2.00. The van der Waals surface area contributed by atoms with E-state index in [4.69, 9.17) is 10.5 Å². The van der Waals surface area contributed by atoms with Crippen molar-refractivity contribution in [3.05, 3.63) is 35.5 Å². The van der Waals surface area contributed by atoms with Crippen molar-refractivity contribution in [1.82, 2.24) is 4.98 Å². The van der Waals surface area contributed by atoms with Crippen LogP contribution in [0.25, 0.3) is 10.9 Å². The number of ether oxygens (including phenoxy) is 1. The third-order valence-corrected chi connectivity index (χ3v) is 2.35. The molecule has 1 aromatic heterocycles. The molecule has 0 aliphatic rings. The summed E-state index contributed by atoms with van der Waals surface area (Å²) in [5, 5.41) is 0.852. The van der Waals surface area contributed by atoms with Crippen LogP contribution in [-0.4, -0.2) is 18.1 Å². The fourth-order valence-electron chi connectivity index (χ4n) is 1.61. The van der Waals surface area contributed by atoms with Gasteiger partial charge in [-0.05, 0) is 18.2 Å². The molecule has 2 aromatic rings. The summed E-state index contributed by atoms with van der Waals surface area (Å²) < 4.78 is 4.70. The van der Waals surface area contributed by atoms with Crippen LogP contribution in [-0.2, 0) is 11.3 Å². The van der Waals surface area contributed by atoms with E-state index in [0.717, 1.165) is 16.6 Å². The number of rotatable bonds is 2. The second kappa shape index (κ2) is 3.74. The molecule has 1 aromatic carbocycles. The highest BCUT2D eigenvalue weighted by molar-refractivity contribution is 6.03. The monoisotopic (exact) mass is 204 g/mol. The van der Waals surface area contributed by atoms with Gasteiger partial charge in [0.05, 0.1) is 12.7 Å². The zero-order valence-electron chi connectivity index (χ0n) is 8.41. The average molecular weight is 204 g/mol. The van der Waals surface area contributed by atoms with Crippen LogP contribution in [0.2, 0.25) is 0 Å². The van der Waals surface area contributed by atoms with E-state index in [9.17, 15) is 4.79 Å². The molecular weight excluding hydrogens is 192 g/mol. The van der Waals surface area contributed by atoms with Crippen LogP contribution >= 0.6 is 0 Å². The van der Waals surface area contributed by atoms with E-state index in [1.807, 2.05) is 18.2 Å². The van der Waals surface area contributed by atoms with E-state index in [0.29, 0.717) is 12.1 Å². The molecule has 4 heteroatoms. The quantitative estimate of drug-likeness (QED) is 0.727. The predicted molar refractivity (Wildman–Crippen MR) is 57.5 cm³/mol. The Bertz CT molecular complexity index is 502. The Hall–Kier alpha value is -1.81. The van der Waals surface area contributed by atoms with E-state index in [1.165, 1.54) is 7.11 Å². The molecule has 0 spiro atoms. The van der Waals surface area contributed by atoms with Crippen molar-refractivity contribution in [2.45, 2.75) is 6.54 Å². The highest BCUT2D eigenvalue weighted by Crippen LogP contribution is 2.20. The lowest BCUT2D eigenvalue weighted by atomic mass is 10.1. The number of fused-ring (bicyclic) bond motifs is 1. The van der Waals surface area contributed by atoms with Gasteiger partial charge in [0.2, 0.25) is 0 Å². The highest BCUT2D eigenvalue weighted by Gasteiger charge is 2.11. The van der Waals surface area contributed by atoms with E-state index >= 15 is 0 Å². The molecule has 0 amide bonds. The van der Waals surface area contributed by atoms with Gasteiger partial charge in [-0.1, -0.05) is 6.07 Å². The Morgan fingerprint density at radius 1 is 1.53 bits per heavy atom. The summed E-state index contributed by atoms with van der Waals surface area (Å²) in [5.41, 5.74) is 7.89. The van der Waals surface area contributed by atoms with Crippen LogP contribution in [0.3, 0.4) is 0 Å². The molecule has 0 bridgehead atoms.